The van der Waals surface area contributed by atoms with E-state index in [4.69, 9.17) is 22.1 Å². The van der Waals surface area contributed by atoms with Crippen molar-refractivity contribution in [1.82, 2.24) is 19.9 Å². The molecule has 0 aromatic carbocycles. The van der Waals surface area contributed by atoms with E-state index < -0.39 is 5.92 Å². The summed E-state index contributed by atoms with van der Waals surface area (Å²) in [5, 5.41) is 2.78. The summed E-state index contributed by atoms with van der Waals surface area (Å²) in [6, 6.07) is -0.315. The molecule has 4 N–H and O–H groups in total. The molecule has 1 aliphatic rings. The van der Waals surface area contributed by atoms with Gasteiger partial charge in [0.05, 0.1) is 25.5 Å². The van der Waals surface area contributed by atoms with Crippen LogP contribution in [0.2, 0.25) is 5.15 Å². The summed E-state index contributed by atoms with van der Waals surface area (Å²) in [5.41, 5.74) is 6.69. The van der Waals surface area contributed by atoms with E-state index in [9.17, 15) is 4.79 Å². The standard InChI is InChI=1S/C10H11ClN6O2/c11-7-6-8(14-3-13-6)16-10(15-7)17-9(18)4-1-19-2-5(4)12/h3-5H,1-2,12H2,(H2,13,14,15,16,17,18). The van der Waals surface area contributed by atoms with Crippen LogP contribution in [0.3, 0.4) is 0 Å². The van der Waals surface area contributed by atoms with E-state index in [1.807, 2.05) is 0 Å². The van der Waals surface area contributed by atoms with E-state index in [0.29, 0.717) is 24.4 Å². The number of anilines is 1. The number of carbonyl (C=O) groups is 1. The van der Waals surface area contributed by atoms with Gasteiger partial charge in [-0.05, 0) is 0 Å². The molecule has 19 heavy (non-hydrogen) atoms. The summed E-state index contributed by atoms with van der Waals surface area (Å²) in [7, 11) is 0. The van der Waals surface area contributed by atoms with Gasteiger partial charge in [-0.25, -0.2) is 4.98 Å². The molecular formula is C10H11ClN6O2. The Kier molecular flexibility index (Phi) is 3.05. The molecule has 0 aliphatic carbocycles. The number of carbonyl (C=O) groups excluding carboxylic acids is 1. The fourth-order valence-electron chi connectivity index (χ4n) is 1.90. The van der Waals surface area contributed by atoms with Gasteiger partial charge in [0.15, 0.2) is 10.8 Å². The Labute approximate surface area is 112 Å². The molecule has 0 spiro atoms. The molecule has 8 nitrogen and oxygen atoms in total. The van der Waals surface area contributed by atoms with Crippen LogP contribution in [0, 0.1) is 5.92 Å². The third-order valence-electron chi connectivity index (χ3n) is 2.94. The largest absolute Gasteiger partial charge is 0.379 e. The van der Waals surface area contributed by atoms with Gasteiger partial charge in [0, 0.05) is 6.04 Å². The number of hydrogen-bond donors (Lipinski definition) is 3. The second-order valence-electron chi connectivity index (χ2n) is 4.24. The van der Waals surface area contributed by atoms with E-state index in [0.717, 1.165) is 0 Å². The van der Waals surface area contributed by atoms with E-state index in [1.54, 1.807) is 0 Å². The average molecular weight is 283 g/mol. The van der Waals surface area contributed by atoms with Crippen molar-refractivity contribution in [3.63, 3.8) is 0 Å². The van der Waals surface area contributed by atoms with Gasteiger partial charge in [-0.2, -0.15) is 9.97 Å². The molecule has 0 saturated carbocycles. The maximum absolute atomic E-state index is 12.0. The molecule has 2 aromatic heterocycles. The lowest BCUT2D eigenvalue weighted by molar-refractivity contribution is -0.120. The van der Waals surface area contributed by atoms with Gasteiger partial charge < -0.3 is 15.5 Å². The van der Waals surface area contributed by atoms with Crippen molar-refractivity contribution in [1.29, 1.82) is 0 Å². The molecule has 3 heterocycles. The molecule has 9 heteroatoms. The van der Waals surface area contributed by atoms with Gasteiger partial charge in [-0.15, -0.1) is 0 Å². The highest BCUT2D eigenvalue weighted by atomic mass is 35.5. The quantitative estimate of drug-likeness (QED) is 0.663. The molecule has 1 amide bonds. The van der Waals surface area contributed by atoms with Crippen molar-refractivity contribution in [3.05, 3.63) is 11.5 Å². The monoisotopic (exact) mass is 282 g/mol. The molecule has 1 fully saturated rings. The molecule has 2 atom stereocenters. The first-order valence-corrected chi connectivity index (χ1v) is 6.04. The van der Waals surface area contributed by atoms with Crippen molar-refractivity contribution in [2.45, 2.75) is 6.04 Å². The Morgan fingerprint density at radius 1 is 1.53 bits per heavy atom. The number of aromatic amines is 1. The number of imidazole rings is 1. The van der Waals surface area contributed by atoms with E-state index >= 15 is 0 Å². The number of ether oxygens (including phenoxy) is 1. The number of hydrogen-bond acceptors (Lipinski definition) is 6. The van der Waals surface area contributed by atoms with Crippen LogP contribution >= 0.6 is 11.6 Å². The Bertz CT molecular complexity index is 630. The van der Waals surface area contributed by atoms with Crippen LogP contribution in [0.1, 0.15) is 0 Å². The van der Waals surface area contributed by atoms with Gasteiger partial charge in [0.2, 0.25) is 11.9 Å². The summed E-state index contributed by atoms with van der Waals surface area (Å²) in [4.78, 5) is 26.8. The van der Waals surface area contributed by atoms with Crippen LogP contribution in [0.5, 0.6) is 0 Å². The zero-order valence-corrected chi connectivity index (χ0v) is 10.5. The van der Waals surface area contributed by atoms with Crippen molar-refractivity contribution in [2.24, 2.45) is 11.7 Å². The molecular weight excluding hydrogens is 272 g/mol. The first kappa shape index (κ1) is 12.3. The molecule has 0 radical (unpaired) electrons. The number of fused-ring (bicyclic) bond motifs is 1. The minimum atomic E-state index is -0.405. The Balaban J connectivity index is 1.83. The van der Waals surface area contributed by atoms with Crippen molar-refractivity contribution in [3.8, 4) is 0 Å². The van der Waals surface area contributed by atoms with Crippen LogP contribution in [0.4, 0.5) is 5.95 Å². The van der Waals surface area contributed by atoms with Gasteiger partial charge in [0.25, 0.3) is 0 Å². The first-order chi connectivity index (χ1) is 9.15. The maximum atomic E-state index is 12.0. The summed E-state index contributed by atoms with van der Waals surface area (Å²) in [5.74, 6) is -0.582. The number of amides is 1. The lowest BCUT2D eigenvalue weighted by Gasteiger charge is -2.12. The molecule has 100 valence electrons. The lowest BCUT2D eigenvalue weighted by Crippen LogP contribution is -2.37. The number of H-pyrrole nitrogens is 1. The highest BCUT2D eigenvalue weighted by Gasteiger charge is 2.31. The molecule has 1 aliphatic heterocycles. The zero-order chi connectivity index (χ0) is 13.4. The van der Waals surface area contributed by atoms with E-state index in [1.165, 1.54) is 6.33 Å². The fourth-order valence-corrected chi connectivity index (χ4v) is 2.12. The average Bonchev–Trinajstić information content (AvgIpc) is 2.97. The summed E-state index contributed by atoms with van der Waals surface area (Å²) >= 11 is 5.95. The molecule has 1 saturated heterocycles. The molecule has 2 aromatic rings. The number of nitrogens with zero attached hydrogens (tertiary/aromatic N) is 3. The Morgan fingerprint density at radius 2 is 2.37 bits per heavy atom. The van der Waals surface area contributed by atoms with Crippen LogP contribution in [0.25, 0.3) is 11.2 Å². The van der Waals surface area contributed by atoms with E-state index in [-0.39, 0.29) is 23.1 Å². The smallest absolute Gasteiger partial charge is 0.233 e. The highest BCUT2D eigenvalue weighted by Crippen LogP contribution is 2.19. The second-order valence-corrected chi connectivity index (χ2v) is 4.59. The second kappa shape index (κ2) is 4.72. The van der Waals surface area contributed by atoms with E-state index in [2.05, 4.69) is 25.3 Å². The highest BCUT2D eigenvalue weighted by molar-refractivity contribution is 6.33. The number of aromatic nitrogens is 4. The normalized spacial score (nSPS) is 22.8. The maximum Gasteiger partial charge on any atom is 0.233 e. The molecule has 2 unspecified atom stereocenters. The fraction of sp³-hybridized carbons (Fsp3) is 0.400. The zero-order valence-electron chi connectivity index (χ0n) is 9.76. The number of nitrogens with two attached hydrogens (primary N) is 1. The van der Waals surface area contributed by atoms with Crippen LogP contribution in [-0.4, -0.2) is 45.1 Å². The van der Waals surface area contributed by atoms with Crippen LogP contribution in [0.15, 0.2) is 6.33 Å². The Hall–Kier alpha value is -1.77. The van der Waals surface area contributed by atoms with Gasteiger partial charge in [0.1, 0.15) is 5.52 Å². The topological polar surface area (TPSA) is 119 Å². The van der Waals surface area contributed by atoms with Gasteiger partial charge >= 0.3 is 0 Å². The Morgan fingerprint density at radius 3 is 3.11 bits per heavy atom. The summed E-state index contributed by atoms with van der Waals surface area (Å²) < 4.78 is 5.14. The number of nitrogens with one attached hydrogen (secondary N) is 2. The minimum Gasteiger partial charge on any atom is -0.379 e. The third kappa shape index (κ3) is 2.25. The minimum absolute atomic E-state index is 0.105. The van der Waals surface area contributed by atoms with Crippen molar-refractivity contribution in [2.75, 3.05) is 18.5 Å². The lowest BCUT2D eigenvalue weighted by atomic mass is 10.0. The molecule has 0 bridgehead atoms. The van der Waals surface area contributed by atoms with Crippen LogP contribution < -0.4 is 11.1 Å². The summed E-state index contributed by atoms with van der Waals surface area (Å²) in [6.07, 6.45) is 1.46. The van der Waals surface area contributed by atoms with Gasteiger partial charge in [-0.1, -0.05) is 11.6 Å². The summed E-state index contributed by atoms with van der Waals surface area (Å²) in [6.45, 7) is 0.670. The van der Waals surface area contributed by atoms with Gasteiger partial charge in [-0.3, -0.25) is 10.1 Å². The third-order valence-corrected chi connectivity index (χ3v) is 3.21. The van der Waals surface area contributed by atoms with Crippen molar-refractivity contribution < 1.29 is 9.53 Å². The first-order valence-electron chi connectivity index (χ1n) is 5.66. The predicted molar refractivity (Wildman–Crippen MR) is 67.6 cm³/mol. The SMILES string of the molecule is NC1COCC1C(=O)Nc1nc(Cl)c2[nH]cnc2n1. The van der Waals surface area contributed by atoms with Crippen LogP contribution in [-0.2, 0) is 9.53 Å². The van der Waals surface area contributed by atoms with Crippen molar-refractivity contribution >= 4 is 34.6 Å². The number of rotatable bonds is 2. The predicted octanol–water partition coefficient (Wildman–Crippen LogP) is -0.0815. The number of halogens is 1. The molecule has 3 rings (SSSR count).